The van der Waals surface area contributed by atoms with Crippen molar-refractivity contribution in [2.24, 2.45) is 39.4 Å². The Morgan fingerprint density at radius 1 is 0.754 bits per heavy atom. The van der Waals surface area contributed by atoms with Gasteiger partial charge in [0.15, 0.2) is 5.76 Å². The quantitative estimate of drug-likeness (QED) is 0.207. The van der Waals surface area contributed by atoms with Crippen LogP contribution in [-0.2, 0) is 16.0 Å². The number of hydrogen-bond acceptors (Lipinski definition) is 7. The van der Waals surface area contributed by atoms with Crippen molar-refractivity contribution in [3.8, 4) is 5.75 Å². The number of carbonyl (C=O) groups excluding carboxylic acids is 2. The summed E-state index contributed by atoms with van der Waals surface area (Å²) < 4.78 is 0. The van der Waals surface area contributed by atoms with Gasteiger partial charge in [0, 0.05) is 73.8 Å². The molecule has 0 bridgehead atoms. The van der Waals surface area contributed by atoms with Crippen LogP contribution in [0.1, 0.15) is 133 Å². The lowest BCUT2D eigenvalue weighted by Crippen LogP contribution is -2.58. The van der Waals surface area contributed by atoms with Crippen LogP contribution < -0.4 is 10.2 Å². The fraction of sp³-hybridized carbons (Fsp3) is 0.541. The molecule has 0 spiro atoms. The van der Waals surface area contributed by atoms with E-state index in [9.17, 15) is 19.8 Å². The Labute approximate surface area is 411 Å². The first kappa shape index (κ1) is 46.5. The lowest BCUT2D eigenvalue weighted by Gasteiger charge is -2.65. The molecule has 2 heterocycles. The molecule has 0 radical (unpaired) electrons. The Kier molecular flexibility index (Phi) is 11.9. The third-order valence-corrected chi connectivity index (χ3v) is 20.1. The second-order valence-corrected chi connectivity index (χ2v) is 24.0. The molecular formula is C61H76N4O4. The highest BCUT2D eigenvalue weighted by Crippen LogP contribution is 2.70. The fourth-order valence-electron chi connectivity index (χ4n) is 15.7. The van der Waals surface area contributed by atoms with Gasteiger partial charge < -0.3 is 25.3 Å². The van der Waals surface area contributed by atoms with E-state index in [0.29, 0.717) is 41.7 Å². The molecule has 3 aromatic rings. The van der Waals surface area contributed by atoms with E-state index in [0.717, 1.165) is 108 Å². The van der Waals surface area contributed by atoms with Crippen LogP contribution in [-0.4, -0.2) is 84.2 Å². The zero-order chi connectivity index (χ0) is 47.9. The number of rotatable bonds is 8. The second kappa shape index (κ2) is 17.7. The highest BCUT2D eigenvalue weighted by Gasteiger charge is 2.62. The minimum atomic E-state index is -0.383. The van der Waals surface area contributed by atoms with Crippen LogP contribution in [0.25, 0.3) is 0 Å². The number of aryl methyl sites for hydroxylation is 1. The molecule has 8 aliphatic rings. The van der Waals surface area contributed by atoms with E-state index in [-0.39, 0.29) is 45.0 Å². The molecule has 5 fully saturated rings. The summed E-state index contributed by atoms with van der Waals surface area (Å²) in [6, 6.07) is 26.4. The molecular weight excluding hydrogens is 853 g/mol. The number of piperazine rings is 1. The van der Waals surface area contributed by atoms with Gasteiger partial charge in [-0.1, -0.05) is 94.0 Å². The summed E-state index contributed by atoms with van der Waals surface area (Å²) >= 11 is 0. The van der Waals surface area contributed by atoms with Crippen LogP contribution in [0.15, 0.2) is 119 Å². The number of aliphatic hydroxyl groups excluding tert-OH is 1. The van der Waals surface area contributed by atoms with E-state index in [1.165, 1.54) is 52.8 Å². The molecule has 3 N–H and O–H groups in total. The molecule has 6 aliphatic carbocycles. The maximum atomic E-state index is 14.3. The normalized spacial score (nSPS) is 34.0. The van der Waals surface area contributed by atoms with Crippen molar-refractivity contribution in [2.75, 3.05) is 57.4 Å². The number of nitrogens with one attached hydrogen (secondary N) is 1. The van der Waals surface area contributed by atoms with Gasteiger partial charge in [0.05, 0.1) is 6.67 Å². The minimum absolute atomic E-state index is 0.00221. The molecule has 8 atom stereocenters. The predicted molar refractivity (Wildman–Crippen MR) is 276 cm³/mol. The van der Waals surface area contributed by atoms with Crippen molar-refractivity contribution in [2.45, 2.75) is 117 Å². The van der Waals surface area contributed by atoms with Crippen molar-refractivity contribution >= 4 is 17.4 Å². The van der Waals surface area contributed by atoms with E-state index < -0.39 is 0 Å². The van der Waals surface area contributed by atoms with Crippen molar-refractivity contribution in [1.29, 1.82) is 0 Å². The van der Waals surface area contributed by atoms with Crippen LogP contribution in [0, 0.1) is 39.4 Å². The molecule has 364 valence electrons. The summed E-state index contributed by atoms with van der Waals surface area (Å²) in [6.07, 6.45) is 18.1. The van der Waals surface area contributed by atoms with Gasteiger partial charge in [-0.25, -0.2) is 0 Å². The number of phenols is 1. The maximum absolute atomic E-state index is 14.3. The fourth-order valence-corrected chi connectivity index (χ4v) is 15.7. The summed E-state index contributed by atoms with van der Waals surface area (Å²) in [5.74, 6) is 2.55. The van der Waals surface area contributed by atoms with Gasteiger partial charge >= 0.3 is 0 Å². The topological polar surface area (TPSA) is 96.3 Å². The highest BCUT2D eigenvalue weighted by molar-refractivity contribution is 6.06. The van der Waals surface area contributed by atoms with E-state index in [1.54, 1.807) is 6.08 Å². The summed E-state index contributed by atoms with van der Waals surface area (Å²) in [5.41, 5.74) is 10.6. The van der Waals surface area contributed by atoms with Gasteiger partial charge in [0.1, 0.15) is 5.75 Å². The van der Waals surface area contributed by atoms with Gasteiger partial charge in [-0.15, -0.1) is 0 Å². The SMILES string of the molecule is CC1=C(O)C(=O)C=C2C1=CC=C1C2(C)CCC2C3CC(C)(C(=O)NCN4CCN(CC5CCN(c6ccc(C7c8ccc(O)cc8CCC7c7ccccc7)cc6)CC5)CC4)CCC3(C)CCC12C. The Hall–Kier alpha value is -4.92. The number of fused-ring (bicyclic) bond motifs is 8. The number of aromatic hydroxyl groups is 1. The molecule has 8 nitrogen and oxygen atoms in total. The molecule has 0 aromatic heterocycles. The summed E-state index contributed by atoms with van der Waals surface area (Å²) in [6.45, 7) is 19.5. The van der Waals surface area contributed by atoms with E-state index in [2.05, 4.69) is 121 Å². The minimum Gasteiger partial charge on any atom is -0.508 e. The first-order valence-electron chi connectivity index (χ1n) is 26.7. The number of allylic oxidation sites excluding steroid dienone is 7. The van der Waals surface area contributed by atoms with Gasteiger partial charge in [-0.2, -0.15) is 0 Å². The van der Waals surface area contributed by atoms with Crippen LogP contribution in [0.3, 0.4) is 0 Å². The largest absolute Gasteiger partial charge is 0.508 e. The monoisotopic (exact) mass is 929 g/mol. The standard InChI is InChI=1S/C61H76N4O4/c1-40-47-19-20-54-60(4,51(47)36-53(67)56(40)68)24-21-50-52-37-59(3,26-25-58(52,2)27-28-61(50,54)5)57(69)62-39-64-33-31-63(32-34-64)38-41-22-29-65(30-23-41)45-14-11-43(12-15-45)55-48(42-9-7-6-8-10-42)17-13-44-35-46(66)16-18-49(44)55/h6-12,14-16,18-20,35-36,41,48,50,52,55,66,68H,13,17,21-34,37-39H2,1-5H3,(H,62,69). The number of amides is 1. The molecule has 8 unspecified atom stereocenters. The Balaban J connectivity index is 0.662. The molecule has 3 saturated carbocycles. The number of anilines is 1. The summed E-state index contributed by atoms with van der Waals surface area (Å²) in [7, 11) is 0. The zero-order valence-corrected chi connectivity index (χ0v) is 42.0. The van der Waals surface area contributed by atoms with Crippen LogP contribution >= 0.6 is 0 Å². The predicted octanol–water partition coefficient (Wildman–Crippen LogP) is 11.4. The molecule has 2 saturated heterocycles. The lowest BCUT2D eigenvalue weighted by molar-refractivity contribution is -0.145. The van der Waals surface area contributed by atoms with Crippen molar-refractivity contribution in [3.63, 3.8) is 0 Å². The summed E-state index contributed by atoms with van der Waals surface area (Å²) in [4.78, 5) is 34.9. The summed E-state index contributed by atoms with van der Waals surface area (Å²) in [5, 5.41) is 24.3. The first-order valence-corrected chi connectivity index (χ1v) is 26.7. The van der Waals surface area contributed by atoms with E-state index in [1.807, 2.05) is 19.1 Å². The van der Waals surface area contributed by atoms with Gasteiger partial charge in [0.25, 0.3) is 0 Å². The average molecular weight is 929 g/mol. The number of piperidine rings is 1. The average Bonchev–Trinajstić information content (AvgIpc) is 3.36. The third-order valence-electron chi connectivity index (χ3n) is 20.1. The lowest BCUT2D eigenvalue weighted by atomic mass is 9.39. The highest BCUT2D eigenvalue weighted by atomic mass is 16.3. The molecule has 1 amide bonds. The van der Waals surface area contributed by atoms with Crippen molar-refractivity contribution in [3.05, 3.63) is 141 Å². The molecule has 8 heteroatoms. The van der Waals surface area contributed by atoms with E-state index >= 15 is 0 Å². The van der Waals surface area contributed by atoms with Crippen LogP contribution in [0.2, 0.25) is 0 Å². The zero-order valence-electron chi connectivity index (χ0n) is 42.0. The van der Waals surface area contributed by atoms with Crippen LogP contribution in [0.4, 0.5) is 5.69 Å². The molecule has 69 heavy (non-hydrogen) atoms. The van der Waals surface area contributed by atoms with Crippen LogP contribution in [0.5, 0.6) is 5.75 Å². The van der Waals surface area contributed by atoms with E-state index in [4.69, 9.17) is 0 Å². The smallest absolute Gasteiger partial charge is 0.226 e. The Morgan fingerprint density at radius 3 is 2.23 bits per heavy atom. The molecule has 3 aromatic carbocycles. The Bertz CT molecular complexity index is 2620. The van der Waals surface area contributed by atoms with Gasteiger partial charge in [0.2, 0.25) is 11.7 Å². The number of ketones is 1. The van der Waals surface area contributed by atoms with Crippen molar-refractivity contribution < 1.29 is 19.8 Å². The molecule has 2 aliphatic heterocycles. The first-order chi connectivity index (χ1) is 33.2. The number of benzene rings is 3. The number of aliphatic hydroxyl groups is 1. The second-order valence-electron chi connectivity index (χ2n) is 24.0. The van der Waals surface area contributed by atoms with Gasteiger partial charge in [-0.3, -0.25) is 14.5 Å². The number of phenolic OH excluding ortho intramolecular Hbond substituents is 1. The maximum Gasteiger partial charge on any atom is 0.226 e. The molecule has 11 rings (SSSR count). The van der Waals surface area contributed by atoms with Crippen molar-refractivity contribution in [1.82, 2.24) is 15.1 Å². The van der Waals surface area contributed by atoms with Gasteiger partial charge in [-0.05, 0) is 176 Å². The Morgan fingerprint density at radius 2 is 1.48 bits per heavy atom. The third kappa shape index (κ3) is 8.14. The number of nitrogens with zero attached hydrogens (tertiary/aromatic N) is 3. The number of carbonyl (C=O) groups is 2. The number of hydrogen-bond donors (Lipinski definition) is 3.